The second kappa shape index (κ2) is 8.41. The lowest BCUT2D eigenvalue weighted by Crippen LogP contribution is -2.38. The molecule has 4 rings (SSSR count). The first kappa shape index (κ1) is 19.7. The lowest BCUT2D eigenvalue weighted by Gasteiger charge is -2.21. The third kappa shape index (κ3) is 4.06. The number of carbonyl (C=O) groups excluding carboxylic acids is 1. The number of hydrogen-bond acceptors (Lipinski definition) is 2. The van der Waals surface area contributed by atoms with E-state index >= 15 is 0 Å². The number of amides is 1. The van der Waals surface area contributed by atoms with E-state index in [-0.39, 0.29) is 18.9 Å². The summed E-state index contributed by atoms with van der Waals surface area (Å²) in [4.78, 5) is 25.6. The number of para-hydroxylation sites is 1. The number of aryl methyl sites for hydroxylation is 1. The molecule has 0 saturated carbocycles. The molecule has 152 valence electrons. The zero-order valence-corrected chi connectivity index (χ0v) is 16.9. The van der Waals surface area contributed by atoms with Gasteiger partial charge in [0.25, 0.3) is 0 Å². The van der Waals surface area contributed by atoms with E-state index in [1.54, 1.807) is 0 Å². The number of benzene rings is 3. The van der Waals surface area contributed by atoms with E-state index in [0.29, 0.717) is 13.0 Å². The van der Waals surface area contributed by atoms with Gasteiger partial charge in [-0.05, 0) is 29.7 Å². The minimum absolute atomic E-state index is 0.175. The van der Waals surface area contributed by atoms with Crippen LogP contribution in [0.25, 0.3) is 21.8 Å². The zero-order chi connectivity index (χ0) is 21.1. The Morgan fingerprint density at radius 1 is 0.867 bits per heavy atom. The van der Waals surface area contributed by atoms with Gasteiger partial charge >= 0.3 is 5.97 Å². The van der Waals surface area contributed by atoms with E-state index in [0.717, 1.165) is 27.5 Å². The molecular weight excluding hydrogens is 376 g/mol. The molecule has 0 radical (unpaired) electrons. The molecule has 0 aliphatic rings. The maximum atomic E-state index is 12.9. The molecule has 1 amide bonds. The van der Waals surface area contributed by atoms with E-state index in [1.165, 1.54) is 10.3 Å². The summed E-state index contributed by atoms with van der Waals surface area (Å²) in [6.45, 7) is 0.0907. The Morgan fingerprint density at radius 3 is 2.33 bits per heavy atom. The highest BCUT2D eigenvalue weighted by molar-refractivity contribution is 6.08. The fraction of sp³-hybridized carbons (Fsp3) is 0.200. The van der Waals surface area contributed by atoms with Crippen LogP contribution < -0.4 is 0 Å². The Labute approximate surface area is 175 Å². The van der Waals surface area contributed by atoms with Gasteiger partial charge in [0, 0.05) is 35.4 Å². The summed E-state index contributed by atoms with van der Waals surface area (Å²) in [5.74, 6) is -1.17. The Morgan fingerprint density at radius 2 is 1.57 bits per heavy atom. The van der Waals surface area contributed by atoms with Crippen molar-refractivity contribution in [3.8, 4) is 0 Å². The van der Waals surface area contributed by atoms with Crippen molar-refractivity contribution in [2.24, 2.45) is 7.05 Å². The average molecular weight is 400 g/mol. The molecule has 1 heterocycles. The van der Waals surface area contributed by atoms with Gasteiger partial charge in [-0.1, -0.05) is 60.7 Å². The average Bonchev–Trinajstić information content (AvgIpc) is 3.03. The Hall–Kier alpha value is -3.60. The number of aromatic nitrogens is 1. The van der Waals surface area contributed by atoms with Crippen LogP contribution in [-0.2, 0) is 29.5 Å². The topological polar surface area (TPSA) is 62.5 Å². The number of carbonyl (C=O) groups is 2. The summed E-state index contributed by atoms with van der Waals surface area (Å²) < 4.78 is 2.13. The minimum atomic E-state index is -0.999. The highest BCUT2D eigenvalue weighted by atomic mass is 16.4. The molecule has 5 heteroatoms. The van der Waals surface area contributed by atoms with Gasteiger partial charge < -0.3 is 14.6 Å². The largest absolute Gasteiger partial charge is 0.480 e. The molecule has 0 spiro atoms. The lowest BCUT2D eigenvalue weighted by atomic mass is 10.1. The fourth-order valence-corrected chi connectivity index (χ4v) is 3.97. The van der Waals surface area contributed by atoms with Gasteiger partial charge in [0.15, 0.2) is 0 Å². The lowest BCUT2D eigenvalue weighted by molar-refractivity contribution is -0.144. The third-order valence-electron chi connectivity index (χ3n) is 5.53. The quantitative estimate of drug-likeness (QED) is 0.509. The molecule has 0 saturated heterocycles. The van der Waals surface area contributed by atoms with Crippen LogP contribution in [0.1, 0.15) is 11.1 Å². The van der Waals surface area contributed by atoms with Gasteiger partial charge in [0.1, 0.15) is 6.54 Å². The SMILES string of the molecule is Cn1c2ccccc2c2ccc(CC(=O)N(CCc3ccccc3)CC(=O)O)cc21. The summed E-state index contributed by atoms with van der Waals surface area (Å²) in [5.41, 5.74) is 4.17. The van der Waals surface area contributed by atoms with Gasteiger partial charge in [-0.25, -0.2) is 0 Å². The number of carboxylic acid groups (broad SMARTS) is 1. The molecule has 0 fully saturated rings. The van der Waals surface area contributed by atoms with E-state index < -0.39 is 5.97 Å². The summed E-state index contributed by atoms with van der Waals surface area (Å²) >= 11 is 0. The van der Waals surface area contributed by atoms with Crippen molar-refractivity contribution in [3.05, 3.63) is 83.9 Å². The molecule has 5 nitrogen and oxygen atoms in total. The molecule has 0 aliphatic carbocycles. The molecule has 4 aromatic rings. The van der Waals surface area contributed by atoms with Crippen LogP contribution in [-0.4, -0.2) is 39.5 Å². The van der Waals surface area contributed by atoms with Crippen molar-refractivity contribution >= 4 is 33.7 Å². The number of rotatable bonds is 7. The predicted octanol–water partition coefficient (Wildman–Crippen LogP) is 4.03. The fourth-order valence-electron chi connectivity index (χ4n) is 3.97. The molecule has 0 bridgehead atoms. The maximum absolute atomic E-state index is 12.9. The Balaban J connectivity index is 1.55. The van der Waals surface area contributed by atoms with Gasteiger partial charge in [-0.3, -0.25) is 9.59 Å². The van der Waals surface area contributed by atoms with E-state index in [2.05, 4.69) is 16.7 Å². The second-order valence-corrected chi connectivity index (χ2v) is 7.55. The highest BCUT2D eigenvalue weighted by Gasteiger charge is 2.18. The standard InChI is InChI=1S/C25H24N2O3/c1-26-22-10-6-5-9-20(22)21-12-11-19(15-23(21)26)16-24(28)27(17-25(29)30)14-13-18-7-3-2-4-8-18/h2-12,15H,13-14,16-17H2,1H3,(H,29,30). The Kier molecular flexibility index (Phi) is 5.53. The highest BCUT2D eigenvalue weighted by Crippen LogP contribution is 2.28. The molecule has 0 atom stereocenters. The monoisotopic (exact) mass is 400 g/mol. The molecule has 1 aromatic heterocycles. The van der Waals surface area contributed by atoms with Gasteiger partial charge in [0.05, 0.1) is 6.42 Å². The molecule has 1 N–H and O–H groups in total. The van der Waals surface area contributed by atoms with Crippen molar-refractivity contribution in [3.63, 3.8) is 0 Å². The normalized spacial score (nSPS) is 11.1. The van der Waals surface area contributed by atoms with E-state index in [9.17, 15) is 14.7 Å². The van der Waals surface area contributed by atoms with Crippen LogP contribution >= 0.6 is 0 Å². The number of fused-ring (bicyclic) bond motifs is 3. The molecular formula is C25H24N2O3. The number of hydrogen-bond donors (Lipinski definition) is 1. The number of aliphatic carboxylic acids is 1. The summed E-state index contributed by atoms with van der Waals surface area (Å²) in [5, 5.41) is 11.6. The molecule has 0 unspecified atom stereocenters. The van der Waals surface area contributed by atoms with Crippen LogP contribution in [0.5, 0.6) is 0 Å². The van der Waals surface area contributed by atoms with Crippen LogP contribution in [0.2, 0.25) is 0 Å². The van der Waals surface area contributed by atoms with E-state index in [1.807, 2.05) is 67.7 Å². The van der Waals surface area contributed by atoms with Crippen LogP contribution in [0.4, 0.5) is 0 Å². The van der Waals surface area contributed by atoms with Crippen molar-refractivity contribution < 1.29 is 14.7 Å². The van der Waals surface area contributed by atoms with Crippen molar-refractivity contribution in [1.29, 1.82) is 0 Å². The maximum Gasteiger partial charge on any atom is 0.323 e. The summed E-state index contributed by atoms with van der Waals surface area (Å²) in [7, 11) is 2.02. The molecule has 0 aliphatic heterocycles. The molecule has 3 aromatic carbocycles. The van der Waals surface area contributed by atoms with Crippen molar-refractivity contribution in [2.75, 3.05) is 13.1 Å². The third-order valence-corrected chi connectivity index (χ3v) is 5.53. The van der Waals surface area contributed by atoms with Gasteiger partial charge in [-0.2, -0.15) is 0 Å². The van der Waals surface area contributed by atoms with Crippen LogP contribution in [0, 0.1) is 0 Å². The molecule has 30 heavy (non-hydrogen) atoms. The second-order valence-electron chi connectivity index (χ2n) is 7.55. The first-order chi connectivity index (χ1) is 14.5. The first-order valence-corrected chi connectivity index (χ1v) is 10.0. The van der Waals surface area contributed by atoms with Gasteiger partial charge in [0.2, 0.25) is 5.91 Å². The van der Waals surface area contributed by atoms with Crippen LogP contribution in [0.15, 0.2) is 72.8 Å². The van der Waals surface area contributed by atoms with Crippen LogP contribution in [0.3, 0.4) is 0 Å². The summed E-state index contributed by atoms with van der Waals surface area (Å²) in [6.07, 6.45) is 0.807. The smallest absolute Gasteiger partial charge is 0.323 e. The summed E-state index contributed by atoms with van der Waals surface area (Å²) in [6, 6.07) is 24.0. The van der Waals surface area contributed by atoms with Crippen molar-refractivity contribution in [2.45, 2.75) is 12.8 Å². The number of carboxylic acids is 1. The van der Waals surface area contributed by atoms with Gasteiger partial charge in [-0.15, -0.1) is 0 Å². The number of nitrogens with zero attached hydrogens (tertiary/aromatic N) is 2. The minimum Gasteiger partial charge on any atom is -0.480 e. The zero-order valence-electron chi connectivity index (χ0n) is 16.9. The Bertz CT molecular complexity index is 1210. The van der Waals surface area contributed by atoms with Crippen molar-refractivity contribution in [1.82, 2.24) is 9.47 Å². The van der Waals surface area contributed by atoms with E-state index in [4.69, 9.17) is 0 Å². The predicted molar refractivity (Wildman–Crippen MR) is 118 cm³/mol. The first-order valence-electron chi connectivity index (χ1n) is 10.0.